The molecule has 0 aromatic heterocycles. The van der Waals surface area contributed by atoms with Gasteiger partial charge in [0.05, 0.1) is 11.6 Å². The van der Waals surface area contributed by atoms with Gasteiger partial charge in [-0.1, -0.05) is 0 Å². The molecule has 6 rings (SSSR count). The van der Waals surface area contributed by atoms with Gasteiger partial charge in [0.1, 0.15) is 22.8 Å². The number of rotatable bonds is 5. The Hall–Kier alpha value is -3.41. The molecule has 1 aromatic rings. The second-order valence-electron chi connectivity index (χ2n) is 12.6. The molecule has 11 nitrogen and oxygen atoms in total. The lowest BCUT2D eigenvalue weighted by Crippen LogP contribution is -2.63. The van der Waals surface area contributed by atoms with Crippen molar-refractivity contribution in [2.75, 3.05) is 46.2 Å². The van der Waals surface area contributed by atoms with Crippen LogP contribution in [0.1, 0.15) is 34.3 Å². The number of nitrogens with two attached hydrogens (primary N) is 1. The highest BCUT2D eigenvalue weighted by atomic mass is 16.3. The van der Waals surface area contributed by atoms with E-state index in [1.807, 2.05) is 25.1 Å². The van der Waals surface area contributed by atoms with Gasteiger partial charge in [-0.2, -0.15) is 0 Å². The van der Waals surface area contributed by atoms with Gasteiger partial charge >= 0.3 is 0 Å². The Morgan fingerprint density at radius 2 is 1.75 bits per heavy atom. The molecule has 4 aliphatic carbocycles. The molecule has 1 saturated carbocycles. The molecule has 11 heteroatoms. The number of aromatic hydroxyl groups is 1. The number of nitrogens with zero attached hydrogens (tertiary/aromatic N) is 3. The Morgan fingerprint density at radius 1 is 1.10 bits per heavy atom. The van der Waals surface area contributed by atoms with Gasteiger partial charge < -0.3 is 31.1 Å². The van der Waals surface area contributed by atoms with Crippen molar-refractivity contribution >= 4 is 23.2 Å². The number of fused-ring (bicyclic) bond motifs is 4. The summed E-state index contributed by atoms with van der Waals surface area (Å²) in [5.74, 6) is -4.95. The molecule has 1 heterocycles. The molecule has 2 fully saturated rings. The van der Waals surface area contributed by atoms with Gasteiger partial charge in [-0.25, -0.2) is 0 Å². The van der Waals surface area contributed by atoms with E-state index in [-0.39, 0.29) is 29.7 Å². The summed E-state index contributed by atoms with van der Waals surface area (Å²) in [5, 5.41) is 45.7. The molecular weight excluding hydrogens is 516 g/mol. The number of piperidine rings is 1. The highest BCUT2D eigenvalue weighted by Crippen LogP contribution is 2.54. The minimum absolute atomic E-state index is 0.0614. The molecule has 1 saturated heterocycles. The number of ketones is 2. The smallest absolute Gasteiger partial charge is 0.255 e. The van der Waals surface area contributed by atoms with Gasteiger partial charge in [0.25, 0.3) is 5.91 Å². The molecule has 1 aromatic carbocycles. The van der Waals surface area contributed by atoms with Crippen LogP contribution in [0.2, 0.25) is 0 Å². The molecule has 5 aliphatic rings. The molecule has 6 atom stereocenters. The van der Waals surface area contributed by atoms with E-state index in [1.54, 1.807) is 19.0 Å². The maximum absolute atomic E-state index is 14.1. The molecule has 1 aliphatic heterocycles. The number of anilines is 1. The molecular formula is C29H36N4O7. The van der Waals surface area contributed by atoms with Crippen LogP contribution in [0.4, 0.5) is 5.69 Å². The zero-order valence-electron chi connectivity index (χ0n) is 23.1. The molecule has 2 unspecified atom stereocenters. The first-order valence-electron chi connectivity index (χ1n) is 13.7. The zero-order chi connectivity index (χ0) is 29.0. The van der Waals surface area contributed by atoms with Gasteiger partial charge in [0.2, 0.25) is 5.78 Å². The fraction of sp³-hybridized carbons (Fsp3) is 0.552. The highest BCUT2D eigenvalue weighted by Gasteiger charge is 2.63. The highest BCUT2D eigenvalue weighted by molar-refractivity contribution is 6.24. The number of likely N-dealkylation sites (N-methyl/N-ethyl adjacent to an activating group) is 1. The van der Waals surface area contributed by atoms with Crippen molar-refractivity contribution < 1.29 is 34.8 Å². The van der Waals surface area contributed by atoms with Gasteiger partial charge in [0.15, 0.2) is 11.4 Å². The number of hydrogen-bond donors (Lipinski definition) is 5. The monoisotopic (exact) mass is 552 g/mol. The van der Waals surface area contributed by atoms with Crippen LogP contribution in [0.3, 0.4) is 0 Å². The van der Waals surface area contributed by atoms with Gasteiger partial charge in [0, 0.05) is 56.5 Å². The first-order chi connectivity index (χ1) is 18.8. The van der Waals surface area contributed by atoms with Crippen LogP contribution in [-0.2, 0) is 22.6 Å². The molecule has 1 amide bonds. The van der Waals surface area contributed by atoms with Crippen molar-refractivity contribution in [3.63, 3.8) is 0 Å². The van der Waals surface area contributed by atoms with Crippen molar-refractivity contribution in [3.05, 3.63) is 45.4 Å². The van der Waals surface area contributed by atoms with Crippen LogP contribution in [0.25, 0.3) is 0 Å². The van der Waals surface area contributed by atoms with Crippen LogP contribution >= 0.6 is 0 Å². The Bertz CT molecular complexity index is 1420. The maximum Gasteiger partial charge on any atom is 0.255 e. The third kappa shape index (κ3) is 3.57. The Labute approximate surface area is 232 Å². The van der Waals surface area contributed by atoms with E-state index < -0.39 is 58.0 Å². The number of aliphatic hydroxyl groups is 3. The van der Waals surface area contributed by atoms with E-state index in [2.05, 4.69) is 4.90 Å². The van der Waals surface area contributed by atoms with Crippen molar-refractivity contribution in [2.45, 2.75) is 37.5 Å². The SMILES string of the molecule is CN(C)c1cc(CN2CC3CC3C2)c(O)c2c1C[C@H]1C[C@H]3[C@H](N(C)C)C(O)=C(C(N)=O)C(=O)[C@@]3(O)C(O)=C1C2=O. The number of benzene rings is 1. The second kappa shape index (κ2) is 8.79. The van der Waals surface area contributed by atoms with Gasteiger partial charge in [-0.05, 0) is 62.7 Å². The largest absolute Gasteiger partial charge is 0.510 e. The number of aliphatic hydroxyl groups excluding tert-OH is 2. The summed E-state index contributed by atoms with van der Waals surface area (Å²) in [5.41, 5.74) is 3.90. The minimum Gasteiger partial charge on any atom is -0.510 e. The quantitative estimate of drug-likeness (QED) is 0.327. The van der Waals surface area contributed by atoms with Crippen molar-refractivity contribution in [2.24, 2.45) is 29.4 Å². The molecule has 6 N–H and O–H groups in total. The van der Waals surface area contributed by atoms with E-state index in [0.29, 0.717) is 29.5 Å². The van der Waals surface area contributed by atoms with Crippen LogP contribution < -0.4 is 10.6 Å². The first-order valence-corrected chi connectivity index (χ1v) is 13.7. The fourth-order valence-corrected chi connectivity index (χ4v) is 7.74. The Morgan fingerprint density at radius 3 is 2.33 bits per heavy atom. The first kappa shape index (κ1) is 26.8. The summed E-state index contributed by atoms with van der Waals surface area (Å²) in [6.07, 6.45) is 1.58. The normalized spacial score (nSPS) is 33.1. The molecule has 0 radical (unpaired) electrons. The summed E-state index contributed by atoms with van der Waals surface area (Å²) in [4.78, 5) is 45.5. The summed E-state index contributed by atoms with van der Waals surface area (Å²) < 4.78 is 0. The maximum atomic E-state index is 14.1. The predicted octanol–water partition coefficient (Wildman–Crippen LogP) is 0.638. The van der Waals surface area contributed by atoms with E-state index in [9.17, 15) is 34.8 Å². The van der Waals surface area contributed by atoms with E-state index in [4.69, 9.17) is 5.73 Å². The van der Waals surface area contributed by atoms with Gasteiger partial charge in [-0.15, -0.1) is 0 Å². The number of phenols is 1. The van der Waals surface area contributed by atoms with Crippen LogP contribution in [0, 0.1) is 23.7 Å². The van der Waals surface area contributed by atoms with Crippen LogP contribution in [0.15, 0.2) is 28.7 Å². The third-order valence-electron chi connectivity index (χ3n) is 9.71. The third-order valence-corrected chi connectivity index (χ3v) is 9.71. The number of carbonyl (C=O) groups excluding carboxylic acids is 3. The standard InChI is InChI=1S/C29H36N4O7/c1-31(2)18-8-15(11-33-9-13-5-14(13)10-33)23(34)20-16(18)6-12-7-17-22(32(3)4)25(36)21(28(30)39)27(38)29(17,40)26(37)19(12)24(20)35/h8,12-14,17,22,34,36-37,40H,5-7,9-11H2,1-4H3,(H2,30,39)/t12-,13?,14?,17-,22-,29-/m0/s1. The average Bonchev–Trinajstić information content (AvgIpc) is 3.47. The lowest BCUT2D eigenvalue weighted by Gasteiger charge is -2.50. The lowest BCUT2D eigenvalue weighted by atomic mass is 9.58. The number of primary amides is 1. The summed E-state index contributed by atoms with van der Waals surface area (Å²) >= 11 is 0. The number of carbonyl (C=O) groups is 3. The van der Waals surface area contributed by atoms with Crippen LogP contribution in [0.5, 0.6) is 5.75 Å². The minimum atomic E-state index is -2.64. The van der Waals surface area contributed by atoms with Gasteiger partial charge in [-0.3, -0.25) is 24.2 Å². The average molecular weight is 553 g/mol. The van der Waals surface area contributed by atoms with Crippen molar-refractivity contribution in [3.8, 4) is 5.75 Å². The zero-order valence-corrected chi connectivity index (χ0v) is 23.1. The van der Waals surface area contributed by atoms with Crippen molar-refractivity contribution in [1.29, 1.82) is 0 Å². The Balaban J connectivity index is 1.49. The predicted molar refractivity (Wildman–Crippen MR) is 145 cm³/mol. The number of hydrogen-bond acceptors (Lipinski definition) is 10. The molecule has 0 bridgehead atoms. The number of allylic oxidation sites excluding steroid dienone is 1. The van der Waals surface area contributed by atoms with Crippen LogP contribution in [-0.4, -0.2) is 101 Å². The van der Waals surface area contributed by atoms with E-state index in [0.717, 1.165) is 18.8 Å². The molecule has 40 heavy (non-hydrogen) atoms. The number of Topliss-reactive ketones (excluding diaryl/α,β-unsaturated/α-hetero) is 2. The fourth-order valence-electron chi connectivity index (χ4n) is 7.74. The topological polar surface area (TPSA) is 168 Å². The molecule has 0 spiro atoms. The lowest BCUT2D eigenvalue weighted by molar-refractivity contribution is -0.148. The number of amides is 1. The number of likely N-dealkylation sites (tertiary alicyclic amines) is 1. The number of phenolic OH excluding ortho intramolecular Hbond substituents is 1. The summed E-state index contributed by atoms with van der Waals surface area (Å²) in [6.45, 7) is 2.38. The molecule has 214 valence electrons. The van der Waals surface area contributed by atoms with E-state index >= 15 is 0 Å². The van der Waals surface area contributed by atoms with Crippen molar-refractivity contribution in [1.82, 2.24) is 9.80 Å². The second-order valence-corrected chi connectivity index (χ2v) is 12.6. The summed E-state index contributed by atoms with van der Waals surface area (Å²) in [7, 11) is 6.96. The van der Waals surface area contributed by atoms with E-state index in [1.165, 1.54) is 6.42 Å². The Kier molecular flexibility index (Phi) is 5.89. The summed E-state index contributed by atoms with van der Waals surface area (Å²) in [6, 6.07) is 0.903.